The summed E-state index contributed by atoms with van der Waals surface area (Å²) in [6, 6.07) is 11.9. The molecule has 0 bridgehead atoms. The zero-order valence-electron chi connectivity index (χ0n) is 23.2. The van der Waals surface area contributed by atoms with E-state index in [-0.39, 0.29) is 24.6 Å². The second-order valence-electron chi connectivity index (χ2n) is 11.4. The van der Waals surface area contributed by atoms with Gasteiger partial charge in [-0.15, -0.1) is 6.42 Å². The Kier molecular flexibility index (Phi) is 8.61. The van der Waals surface area contributed by atoms with Crippen molar-refractivity contribution < 1.29 is 14.3 Å². The molecule has 1 unspecified atom stereocenters. The average molecular weight is 517 g/mol. The Balaban J connectivity index is 1.41. The topological polar surface area (TPSA) is 66.0 Å². The third-order valence-corrected chi connectivity index (χ3v) is 7.49. The molecule has 1 aromatic heterocycles. The van der Waals surface area contributed by atoms with Crippen LogP contribution in [-0.2, 0) is 4.74 Å². The molecule has 0 N–H and O–H groups in total. The van der Waals surface area contributed by atoms with Crippen LogP contribution in [0.3, 0.4) is 0 Å². The van der Waals surface area contributed by atoms with Crippen molar-refractivity contribution in [1.82, 2.24) is 9.88 Å². The number of likely N-dealkylation sites (N-methyl/N-ethyl adjacent to an activating group) is 1. The average Bonchev–Trinajstić information content (AvgIpc) is 3.41. The number of hydrogen-bond acceptors (Lipinski definition) is 5. The molecule has 7 nitrogen and oxygen atoms in total. The van der Waals surface area contributed by atoms with Gasteiger partial charge in [-0.05, 0) is 75.8 Å². The number of anilines is 2. The van der Waals surface area contributed by atoms with Crippen LogP contribution in [0.1, 0.15) is 81.1 Å². The molecule has 4 rings (SSSR count). The molecule has 2 fully saturated rings. The van der Waals surface area contributed by atoms with Crippen LogP contribution in [0, 0.1) is 12.3 Å². The van der Waals surface area contributed by atoms with Gasteiger partial charge in [0, 0.05) is 25.7 Å². The minimum atomic E-state index is -0.528. The van der Waals surface area contributed by atoms with E-state index in [0.29, 0.717) is 23.7 Å². The molecule has 202 valence electrons. The maximum absolute atomic E-state index is 13.4. The molecule has 2 aliphatic rings. The molecule has 1 aliphatic carbocycles. The van der Waals surface area contributed by atoms with Crippen LogP contribution in [0.25, 0.3) is 0 Å². The van der Waals surface area contributed by atoms with E-state index in [1.54, 1.807) is 23.0 Å². The van der Waals surface area contributed by atoms with Crippen LogP contribution in [0.5, 0.6) is 0 Å². The number of carbonyl (C=O) groups is 2. The van der Waals surface area contributed by atoms with Gasteiger partial charge in [0.1, 0.15) is 11.4 Å². The summed E-state index contributed by atoms with van der Waals surface area (Å²) < 4.78 is 5.51. The first kappa shape index (κ1) is 27.5. The Hall–Kier alpha value is -3.53. The molecule has 0 spiro atoms. The van der Waals surface area contributed by atoms with Crippen LogP contribution in [-0.4, -0.2) is 60.2 Å². The summed E-state index contributed by atoms with van der Waals surface area (Å²) in [6.45, 7) is 7.22. The van der Waals surface area contributed by atoms with Crippen LogP contribution < -0.4 is 9.80 Å². The number of aromatic nitrogens is 1. The highest BCUT2D eigenvalue weighted by Gasteiger charge is 2.31. The van der Waals surface area contributed by atoms with Crippen LogP contribution in [0.4, 0.5) is 16.3 Å². The monoisotopic (exact) mass is 516 g/mol. The van der Waals surface area contributed by atoms with Crippen molar-refractivity contribution in [3.63, 3.8) is 0 Å². The number of amides is 2. The zero-order valence-corrected chi connectivity index (χ0v) is 23.2. The Labute approximate surface area is 227 Å². The minimum Gasteiger partial charge on any atom is -0.444 e. The Morgan fingerprint density at radius 3 is 2.39 bits per heavy atom. The van der Waals surface area contributed by atoms with Crippen molar-refractivity contribution in [2.75, 3.05) is 36.5 Å². The number of benzene rings is 1. The highest BCUT2D eigenvalue weighted by atomic mass is 16.6. The SMILES string of the molecule is C#CCN(C(=O)c1ccc(C2CCCCC2)cc1)c1ccc(N2CCC(N(C)C(=O)OC(C)(C)C)C2)nc1. The molecule has 0 radical (unpaired) electrons. The van der Waals surface area contributed by atoms with E-state index in [0.717, 1.165) is 18.8 Å². The lowest BCUT2D eigenvalue weighted by atomic mass is 9.84. The second kappa shape index (κ2) is 11.9. The van der Waals surface area contributed by atoms with Crippen molar-refractivity contribution >= 4 is 23.5 Å². The maximum atomic E-state index is 13.4. The smallest absolute Gasteiger partial charge is 0.410 e. The summed E-state index contributed by atoms with van der Waals surface area (Å²) in [7, 11) is 1.78. The first-order valence-corrected chi connectivity index (χ1v) is 13.7. The fourth-order valence-corrected chi connectivity index (χ4v) is 5.34. The third-order valence-electron chi connectivity index (χ3n) is 7.49. The van der Waals surface area contributed by atoms with E-state index in [1.165, 1.54) is 37.7 Å². The largest absolute Gasteiger partial charge is 0.444 e. The molecule has 1 aromatic carbocycles. The second-order valence-corrected chi connectivity index (χ2v) is 11.4. The molecule has 1 saturated heterocycles. The summed E-state index contributed by atoms with van der Waals surface area (Å²) >= 11 is 0. The number of terminal acetylenes is 1. The molecular weight excluding hydrogens is 476 g/mol. The Morgan fingerprint density at radius 1 is 1.08 bits per heavy atom. The van der Waals surface area contributed by atoms with Gasteiger partial charge in [0.05, 0.1) is 24.5 Å². The fraction of sp³-hybridized carbons (Fsp3) is 0.516. The van der Waals surface area contributed by atoms with Gasteiger partial charge >= 0.3 is 6.09 Å². The quantitative estimate of drug-likeness (QED) is 0.450. The minimum absolute atomic E-state index is 0.0439. The van der Waals surface area contributed by atoms with Gasteiger partial charge in [-0.3, -0.25) is 9.69 Å². The predicted octanol–water partition coefficient (Wildman–Crippen LogP) is 5.85. The number of hydrogen-bond donors (Lipinski definition) is 0. The molecule has 38 heavy (non-hydrogen) atoms. The lowest BCUT2D eigenvalue weighted by Crippen LogP contribution is -2.42. The summed E-state index contributed by atoms with van der Waals surface area (Å²) in [5.41, 5.74) is 2.07. The van der Waals surface area contributed by atoms with Gasteiger partial charge in [-0.25, -0.2) is 9.78 Å². The standard InChI is InChI=1S/C31H40N4O3/c1-6-19-35(29(36)25-14-12-24(13-15-25)23-10-8-7-9-11-23)26-16-17-28(32-21-26)34-20-18-27(22-34)33(5)30(37)38-31(2,3)4/h1,12-17,21,23,27H,7-11,18-20,22H2,2-5H3. The number of carbonyl (C=O) groups excluding carboxylic acids is 2. The molecule has 1 saturated carbocycles. The van der Waals surface area contributed by atoms with Crippen LogP contribution in [0.2, 0.25) is 0 Å². The Bertz CT molecular complexity index is 1140. The van der Waals surface area contributed by atoms with E-state index in [4.69, 9.17) is 11.2 Å². The molecule has 2 aromatic rings. The molecule has 1 aliphatic heterocycles. The molecule has 2 heterocycles. The Morgan fingerprint density at radius 2 is 1.79 bits per heavy atom. The predicted molar refractivity (Wildman–Crippen MR) is 152 cm³/mol. The van der Waals surface area contributed by atoms with E-state index in [1.807, 2.05) is 45.0 Å². The van der Waals surface area contributed by atoms with Gasteiger partial charge in [0.15, 0.2) is 0 Å². The zero-order chi connectivity index (χ0) is 27.3. The fourth-order valence-electron chi connectivity index (χ4n) is 5.34. The lowest BCUT2D eigenvalue weighted by molar-refractivity contribution is 0.0237. The summed E-state index contributed by atoms with van der Waals surface area (Å²) in [5, 5.41) is 0. The van der Waals surface area contributed by atoms with E-state index in [2.05, 4.69) is 27.9 Å². The normalized spacial score (nSPS) is 18.1. The number of ether oxygens (including phenoxy) is 1. The third kappa shape index (κ3) is 6.66. The van der Waals surface area contributed by atoms with Gasteiger partial charge in [-0.1, -0.05) is 37.3 Å². The van der Waals surface area contributed by atoms with Crippen molar-refractivity contribution in [1.29, 1.82) is 0 Å². The first-order chi connectivity index (χ1) is 18.2. The molecular formula is C31H40N4O3. The number of pyridine rings is 1. The summed E-state index contributed by atoms with van der Waals surface area (Å²) in [6.07, 6.45) is 14.2. The van der Waals surface area contributed by atoms with E-state index in [9.17, 15) is 9.59 Å². The molecule has 2 amide bonds. The number of nitrogens with zero attached hydrogens (tertiary/aromatic N) is 4. The van der Waals surface area contributed by atoms with Crippen LogP contribution >= 0.6 is 0 Å². The van der Waals surface area contributed by atoms with Gasteiger partial charge in [0.2, 0.25) is 0 Å². The van der Waals surface area contributed by atoms with Gasteiger partial charge in [-0.2, -0.15) is 0 Å². The summed E-state index contributed by atoms with van der Waals surface area (Å²) in [4.78, 5) is 35.9. The van der Waals surface area contributed by atoms with Crippen LogP contribution in [0.15, 0.2) is 42.6 Å². The van der Waals surface area contributed by atoms with Crippen molar-refractivity contribution in [2.24, 2.45) is 0 Å². The van der Waals surface area contributed by atoms with Gasteiger partial charge < -0.3 is 14.5 Å². The number of rotatable bonds is 6. The summed E-state index contributed by atoms with van der Waals surface area (Å²) in [5.74, 6) is 3.88. The van der Waals surface area contributed by atoms with E-state index >= 15 is 0 Å². The lowest BCUT2D eigenvalue weighted by Gasteiger charge is -2.28. The van der Waals surface area contributed by atoms with E-state index < -0.39 is 5.60 Å². The molecule has 7 heteroatoms. The highest BCUT2D eigenvalue weighted by molar-refractivity contribution is 6.06. The van der Waals surface area contributed by atoms with Crippen molar-refractivity contribution in [2.45, 2.75) is 76.9 Å². The van der Waals surface area contributed by atoms with Crippen molar-refractivity contribution in [3.8, 4) is 12.3 Å². The maximum Gasteiger partial charge on any atom is 0.410 e. The van der Waals surface area contributed by atoms with Crippen molar-refractivity contribution in [3.05, 3.63) is 53.7 Å². The van der Waals surface area contributed by atoms with Gasteiger partial charge in [0.25, 0.3) is 5.91 Å². The highest BCUT2D eigenvalue weighted by Crippen LogP contribution is 2.33. The first-order valence-electron chi connectivity index (χ1n) is 13.7. The molecule has 1 atom stereocenters.